The van der Waals surface area contributed by atoms with Gasteiger partial charge in [-0.05, 0) is 37.6 Å². The van der Waals surface area contributed by atoms with Crippen LogP contribution in [0, 0.1) is 6.92 Å². The summed E-state index contributed by atoms with van der Waals surface area (Å²) in [6.07, 6.45) is 1.09. The average Bonchev–Trinajstić information content (AvgIpc) is 2.90. The molecule has 1 aromatic carbocycles. The van der Waals surface area contributed by atoms with E-state index < -0.39 is 0 Å². The second-order valence-electron chi connectivity index (χ2n) is 5.03. The Hall–Kier alpha value is -1.58. The van der Waals surface area contributed by atoms with E-state index in [1.807, 2.05) is 12.1 Å². The van der Waals surface area contributed by atoms with E-state index in [-0.39, 0.29) is 6.04 Å². The average molecular weight is 273 g/mol. The van der Waals surface area contributed by atoms with Crippen LogP contribution in [0.2, 0.25) is 0 Å². The molecule has 0 aliphatic carbocycles. The first-order chi connectivity index (χ1) is 9.74. The number of hydrogen-bond donors (Lipinski definition) is 1. The summed E-state index contributed by atoms with van der Waals surface area (Å²) in [5, 5.41) is 3.54. The van der Waals surface area contributed by atoms with E-state index in [9.17, 15) is 0 Å². The maximum Gasteiger partial charge on any atom is 0.129 e. The highest BCUT2D eigenvalue weighted by Gasteiger charge is 2.17. The van der Waals surface area contributed by atoms with E-state index in [0.717, 1.165) is 24.5 Å². The number of aryl methyl sites for hydroxylation is 1. The quantitative estimate of drug-likeness (QED) is 0.832. The van der Waals surface area contributed by atoms with Crippen molar-refractivity contribution in [3.05, 3.63) is 59.0 Å². The Bertz CT molecular complexity index is 516. The third-order valence-electron chi connectivity index (χ3n) is 3.26. The minimum absolute atomic E-state index is 0.0983. The van der Waals surface area contributed by atoms with Gasteiger partial charge in [-0.15, -0.1) is 0 Å². The Kier molecular flexibility index (Phi) is 5.39. The highest BCUT2D eigenvalue weighted by atomic mass is 16.5. The van der Waals surface area contributed by atoms with Gasteiger partial charge < -0.3 is 14.5 Å². The topological polar surface area (TPSA) is 34.4 Å². The number of benzene rings is 1. The summed E-state index contributed by atoms with van der Waals surface area (Å²) in [7, 11) is 1.68. The summed E-state index contributed by atoms with van der Waals surface area (Å²) >= 11 is 0. The van der Waals surface area contributed by atoms with Crippen molar-refractivity contribution in [2.75, 3.05) is 13.7 Å². The van der Waals surface area contributed by atoms with E-state index in [4.69, 9.17) is 9.15 Å². The number of ether oxygens (including phenoxy) is 1. The van der Waals surface area contributed by atoms with E-state index in [1.54, 1.807) is 7.11 Å². The zero-order valence-corrected chi connectivity index (χ0v) is 12.5. The van der Waals surface area contributed by atoms with Crippen LogP contribution in [-0.2, 0) is 11.3 Å². The molecule has 0 amide bonds. The van der Waals surface area contributed by atoms with Gasteiger partial charge in [0.1, 0.15) is 18.1 Å². The first-order valence-corrected chi connectivity index (χ1v) is 7.12. The highest BCUT2D eigenvalue weighted by molar-refractivity contribution is 5.29. The van der Waals surface area contributed by atoms with Crippen LogP contribution in [0.3, 0.4) is 0 Å². The zero-order valence-electron chi connectivity index (χ0n) is 12.5. The predicted octanol–water partition coefficient (Wildman–Crippen LogP) is 3.82. The fourth-order valence-corrected chi connectivity index (χ4v) is 2.20. The Morgan fingerprint density at radius 1 is 1.15 bits per heavy atom. The van der Waals surface area contributed by atoms with Crippen molar-refractivity contribution >= 4 is 0 Å². The van der Waals surface area contributed by atoms with Gasteiger partial charge in [-0.1, -0.05) is 36.8 Å². The predicted molar refractivity (Wildman–Crippen MR) is 80.7 cm³/mol. The van der Waals surface area contributed by atoms with Crippen LogP contribution < -0.4 is 5.32 Å². The Labute approximate surface area is 121 Å². The lowest BCUT2D eigenvalue weighted by Gasteiger charge is -2.17. The Balaban J connectivity index is 2.23. The molecule has 1 N–H and O–H groups in total. The lowest BCUT2D eigenvalue weighted by Crippen LogP contribution is -2.22. The van der Waals surface area contributed by atoms with Gasteiger partial charge in [-0.25, -0.2) is 0 Å². The largest absolute Gasteiger partial charge is 0.462 e. The summed E-state index contributed by atoms with van der Waals surface area (Å²) in [6.45, 7) is 5.73. The summed E-state index contributed by atoms with van der Waals surface area (Å²) in [5.74, 6) is 1.80. The fourth-order valence-electron chi connectivity index (χ4n) is 2.20. The van der Waals surface area contributed by atoms with Gasteiger partial charge in [0.25, 0.3) is 0 Å². The number of nitrogens with one attached hydrogen (secondary N) is 1. The molecule has 1 heterocycles. The van der Waals surface area contributed by atoms with Gasteiger partial charge in [0.05, 0.1) is 6.04 Å². The minimum Gasteiger partial charge on any atom is -0.462 e. The summed E-state index contributed by atoms with van der Waals surface area (Å²) in [5.41, 5.74) is 2.49. The molecule has 0 saturated heterocycles. The molecule has 0 saturated carbocycles. The van der Waals surface area contributed by atoms with Gasteiger partial charge >= 0.3 is 0 Å². The summed E-state index contributed by atoms with van der Waals surface area (Å²) < 4.78 is 11.0. The normalized spacial score (nSPS) is 12.6. The molecule has 0 spiro atoms. The molecular formula is C17H23NO2. The molecule has 0 fully saturated rings. The number of rotatable bonds is 7. The molecule has 0 radical (unpaired) electrons. The molecule has 3 heteroatoms. The van der Waals surface area contributed by atoms with Crippen molar-refractivity contribution in [3.63, 3.8) is 0 Å². The molecule has 0 aliphatic heterocycles. The van der Waals surface area contributed by atoms with Gasteiger partial charge in [0.15, 0.2) is 0 Å². The van der Waals surface area contributed by atoms with E-state index >= 15 is 0 Å². The number of methoxy groups -OCH3 is 1. The van der Waals surface area contributed by atoms with Crippen LogP contribution in [0.15, 0.2) is 40.8 Å². The smallest absolute Gasteiger partial charge is 0.129 e. The van der Waals surface area contributed by atoms with Crippen molar-refractivity contribution in [2.45, 2.75) is 32.9 Å². The van der Waals surface area contributed by atoms with Crippen LogP contribution in [0.4, 0.5) is 0 Å². The molecule has 3 nitrogen and oxygen atoms in total. The SMILES string of the molecule is CCCNC(c1ccc(C)cc1)c1ccc(COC)o1. The maximum atomic E-state index is 5.88. The Morgan fingerprint density at radius 2 is 1.90 bits per heavy atom. The molecule has 0 bridgehead atoms. The van der Waals surface area contributed by atoms with Crippen molar-refractivity contribution in [3.8, 4) is 0 Å². The molecule has 20 heavy (non-hydrogen) atoms. The summed E-state index contributed by atoms with van der Waals surface area (Å²) in [4.78, 5) is 0. The second-order valence-corrected chi connectivity index (χ2v) is 5.03. The molecule has 0 aliphatic rings. The van der Waals surface area contributed by atoms with Gasteiger partial charge in [0.2, 0.25) is 0 Å². The van der Waals surface area contributed by atoms with Crippen molar-refractivity contribution in [2.24, 2.45) is 0 Å². The van der Waals surface area contributed by atoms with Crippen LogP contribution in [0.25, 0.3) is 0 Å². The Morgan fingerprint density at radius 3 is 2.55 bits per heavy atom. The monoisotopic (exact) mass is 273 g/mol. The first-order valence-electron chi connectivity index (χ1n) is 7.12. The van der Waals surface area contributed by atoms with E-state index in [2.05, 4.69) is 43.4 Å². The zero-order chi connectivity index (χ0) is 14.4. The standard InChI is InChI=1S/C17H23NO2/c1-4-11-18-17(14-7-5-13(2)6-8-14)16-10-9-15(20-16)12-19-3/h5-10,17-18H,4,11-12H2,1-3H3. The van der Waals surface area contributed by atoms with Crippen LogP contribution >= 0.6 is 0 Å². The molecule has 2 aromatic rings. The van der Waals surface area contributed by atoms with E-state index in [0.29, 0.717) is 6.61 Å². The molecule has 2 rings (SSSR count). The van der Waals surface area contributed by atoms with Crippen LogP contribution in [0.1, 0.15) is 42.0 Å². The van der Waals surface area contributed by atoms with Crippen molar-refractivity contribution < 1.29 is 9.15 Å². The van der Waals surface area contributed by atoms with Crippen molar-refractivity contribution in [1.82, 2.24) is 5.32 Å². The van der Waals surface area contributed by atoms with Gasteiger partial charge in [-0.3, -0.25) is 0 Å². The number of hydrogen-bond acceptors (Lipinski definition) is 3. The molecule has 108 valence electrons. The lowest BCUT2D eigenvalue weighted by atomic mass is 10.0. The lowest BCUT2D eigenvalue weighted by molar-refractivity contribution is 0.162. The highest BCUT2D eigenvalue weighted by Crippen LogP contribution is 2.24. The van der Waals surface area contributed by atoms with E-state index in [1.165, 1.54) is 11.1 Å². The molecule has 1 unspecified atom stereocenters. The van der Waals surface area contributed by atoms with Crippen LogP contribution in [-0.4, -0.2) is 13.7 Å². The third kappa shape index (κ3) is 3.71. The fraction of sp³-hybridized carbons (Fsp3) is 0.412. The van der Waals surface area contributed by atoms with Crippen LogP contribution in [0.5, 0.6) is 0 Å². The second kappa shape index (κ2) is 7.27. The first kappa shape index (κ1) is 14.8. The minimum atomic E-state index is 0.0983. The molecule has 1 aromatic heterocycles. The van der Waals surface area contributed by atoms with Crippen molar-refractivity contribution in [1.29, 1.82) is 0 Å². The maximum absolute atomic E-state index is 5.88. The number of furan rings is 1. The summed E-state index contributed by atoms with van der Waals surface area (Å²) in [6, 6.07) is 12.7. The van der Waals surface area contributed by atoms with Gasteiger partial charge in [0, 0.05) is 7.11 Å². The van der Waals surface area contributed by atoms with Gasteiger partial charge in [-0.2, -0.15) is 0 Å². The third-order valence-corrected chi connectivity index (χ3v) is 3.26. The molecular weight excluding hydrogens is 250 g/mol. The molecule has 1 atom stereocenters.